The minimum atomic E-state index is -0.762. The van der Waals surface area contributed by atoms with Crippen molar-refractivity contribution in [2.24, 2.45) is 10.8 Å². The molecule has 0 aromatic heterocycles. The third-order valence-electron chi connectivity index (χ3n) is 1.86. The molecule has 0 aromatic rings. The summed E-state index contributed by atoms with van der Waals surface area (Å²) >= 11 is 0. The van der Waals surface area contributed by atoms with Gasteiger partial charge in [0.15, 0.2) is 0 Å². The van der Waals surface area contributed by atoms with Crippen LogP contribution in [-0.4, -0.2) is 11.2 Å². The molecule has 1 heteroatoms. The summed E-state index contributed by atoms with van der Waals surface area (Å²) in [5, 5.41) is 9.89. The number of aliphatic hydroxyl groups excluding tert-OH is 1. The largest absolute Gasteiger partial charge is 0.376 e. The van der Waals surface area contributed by atoms with Gasteiger partial charge in [0.05, 0.1) is 0 Å². The second-order valence-electron chi connectivity index (χ2n) is 5.76. The molecule has 0 saturated heterocycles. The predicted molar refractivity (Wildman–Crippen MR) is 65.3 cm³/mol. The SMILES string of the molecule is C=C=C([C@@H](O)C#CC(C)(C)C)C(C)(C)C. The second-order valence-corrected chi connectivity index (χ2v) is 5.76. The van der Waals surface area contributed by atoms with Gasteiger partial charge in [-0.05, 0) is 26.2 Å². The Bertz CT molecular complexity index is 319. The van der Waals surface area contributed by atoms with E-state index in [0.717, 1.165) is 5.57 Å². The maximum absolute atomic E-state index is 9.89. The Labute approximate surface area is 93.9 Å². The molecule has 0 rings (SSSR count). The van der Waals surface area contributed by atoms with Crippen molar-refractivity contribution in [1.29, 1.82) is 0 Å². The van der Waals surface area contributed by atoms with Gasteiger partial charge in [-0.25, -0.2) is 0 Å². The third-order valence-corrected chi connectivity index (χ3v) is 1.86. The molecule has 0 bridgehead atoms. The van der Waals surface area contributed by atoms with E-state index >= 15 is 0 Å². The molecule has 0 saturated carbocycles. The molecule has 0 amide bonds. The molecular formula is C14H22O. The molecule has 0 spiro atoms. The van der Waals surface area contributed by atoms with Crippen molar-refractivity contribution in [2.45, 2.75) is 47.6 Å². The van der Waals surface area contributed by atoms with Crippen LogP contribution in [-0.2, 0) is 0 Å². The molecule has 1 N–H and O–H groups in total. The molecule has 84 valence electrons. The van der Waals surface area contributed by atoms with E-state index in [1.54, 1.807) is 0 Å². The number of aliphatic hydroxyl groups is 1. The van der Waals surface area contributed by atoms with Crippen LogP contribution in [0.25, 0.3) is 0 Å². The quantitative estimate of drug-likeness (QED) is 0.516. The van der Waals surface area contributed by atoms with E-state index in [-0.39, 0.29) is 10.8 Å². The highest BCUT2D eigenvalue weighted by molar-refractivity contribution is 5.26. The minimum Gasteiger partial charge on any atom is -0.376 e. The van der Waals surface area contributed by atoms with Gasteiger partial charge in [-0.1, -0.05) is 39.2 Å². The summed E-state index contributed by atoms with van der Waals surface area (Å²) in [6.45, 7) is 15.7. The van der Waals surface area contributed by atoms with Gasteiger partial charge in [0.2, 0.25) is 0 Å². The van der Waals surface area contributed by atoms with Crippen molar-refractivity contribution < 1.29 is 5.11 Å². The fourth-order valence-corrected chi connectivity index (χ4v) is 1.13. The van der Waals surface area contributed by atoms with Crippen LogP contribution in [0, 0.1) is 22.7 Å². The lowest BCUT2D eigenvalue weighted by Crippen LogP contribution is -2.20. The van der Waals surface area contributed by atoms with Crippen LogP contribution in [0.2, 0.25) is 0 Å². The maximum Gasteiger partial charge on any atom is 0.144 e. The van der Waals surface area contributed by atoms with Crippen molar-refractivity contribution >= 4 is 0 Å². The van der Waals surface area contributed by atoms with Crippen molar-refractivity contribution in [1.82, 2.24) is 0 Å². The number of hydrogen-bond acceptors (Lipinski definition) is 1. The van der Waals surface area contributed by atoms with Gasteiger partial charge in [0, 0.05) is 11.0 Å². The lowest BCUT2D eigenvalue weighted by atomic mass is 9.83. The predicted octanol–water partition coefficient (Wildman–Crippen LogP) is 3.15. The molecule has 15 heavy (non-hydrogen) atoms. The molecule has 0 aliphatic carbocycles. The van der Waals surface area contributed by atoms with Crippen LogP contribution in [0.4, 0.5) is 0 Å². The van der Waals surface area contributed by atoms with Gasteiger partial charge >= 0.3 is 0 Å². The van der Waals surface area contributed by atoms with Crippen molar-refractivity contribution in [3.05, 3.63) is 17.9 Å². The average molecular weight is 206 g/mol. The molecule has 1 atom stereocenters. The standard InChI is InChI=1S/C14H22O/c1-8-11(14(5,6)7)12(15)9-10-13(2,3)4/h12,15H,1H2,2-7H3/t12-/m0/s1. The Kier molecular flexibility index (Phi) is 4.41. The molecule has 0 unspecified atom stereocenters. The second kappa shape index (κ2) is 4.71. The van der Waals surface area contributed by atoms with Gasteiger partial charge in [-0.15, -0.1) is 5.73 Å². The van der Waals surface area contributed by atoms with Crippen LogP contribution in [0.5, 0.6) is 0 Å². The number of hydrogen-bond donors (Lipinski definition) is 1. The van der Waals surface area contributed by atoms with Gasteiger partial charge < -0.3 is 5.11 Å². The van der Waals surface area contributed by atoms with E-state index in [9.17, 15) is 5.11 Å². The molecular weight excluding hydrogens is 184 g/mol. The summed E-state index contributed by atoms with van der Waals surface area (Å²) in [4.78, 5) is 0. The van der Waals surface area contributed by atoms with Crippen LogP contribution in [0.1, 0.15) is 41.5 Å². The van der Waals surface area contributed by atoms with Crippen LogP contribution in [0.15, 0.2) is 17.9 Å². The van der Waals surface area contributed by atoms with E-state index in [0.29, 0.717) is 0 Å². The lowest BCUT2D eigenvalue weighted by Gasteiger charge is -2.22. The highest BCUT2D eigenvalue weighted by atomic mass is 16.3. The zero-order valence-electron chi connectivity index (χ0n) is 10.7. The monoisotopic (exact) mass is 206 g/mol. The molecule has 0 aromatic carbocycles. The van der Waals surface area contributed by atoms with E-state index in [2.05, 4.69) is 24.2 Å². The lowest BCUT2D eigenvalue weighted by molar-refractivity contribution is 0.237. The Morgan fingerprint density at radius 3 is 1.87 bits per heavy atom. The van der Waals surface area contributed by atoms with E-state index < -0.39 is 6.10 Å². The van der Waals surface area contributed by atoms with Crippen molar-refractivity contribution in [2.75, 3.05) is 0 Å². The Morgan fingerprint density at radius 2 is 1.60 bits per heavy atom. The van der Waals surface area contributed by atoms with Crippen LogP contribution in [0.3, 0.4) is 0 Å². The fraction of sp³-hybridized carbons (Fsp3) is 0.643. The first-order valence-corrected chi connectivity index (χ1v) is 5.19. The van der Waals surface area contributed by atoms with Gasteiger partial charge in [0.25, 0.3) is 0 Å². The Morgan fingerprint density at radius 1 is 1.13 bits per heavy atom. The van der Waals surface area contributed by atoms with Gasteiger partial charge in [-0.3, -0.25) is 0 Å². The van der Waals surface area contributed by atoms with Crippen molar-refractivity contribution in [3.8, 4) is 11.8 Å². The average Bonchev–Trinajstić information content (AvgIpc) is 1.98. The summed E-state index contributed by atoms with van der Waals surface area (Å²) in [6.07, 6.45) is -0.762. The molecule has 0 fully saturated rings. The Hall–Kier alpha value is -0.960. The first-order valence-electron chi connectivity index (χ1n) is 5.19. The summed E-state index contributed by atoms with van der Waals surface area (Å²) in [7, 11) is 0. The van der Waals surface area contributed by atoms with Gasteiger partial charge in [-0.2, -0.15) is 0 Å². The first kappa shape index (κ1) is 14.0. The molecule has 1 nitrogen and oxygen atoms in total. The molecule has 0 heterocycles. The molecule has 0 radical (unpaired) electrons. The molecule has 0 aliphatic heterocycles. The maximum atomic E-state index is 9.89. The van der Waals surface area contributed by atoms with E-state index in [1.807, 2.05) is 41.5 Å². The zero-order valence-corrected chi connectivity index (χ0v) is 10.7. The normalized spacial score (nSPS) is 13.5. The summed E-state index contributed by atoms with van der Waals surface area (Å²) < 4.78 is 0. The zero-order chi connectivity index (χ0) is 12.3. The van der Waals surface area contributed by atoms with Crippen LogP contribution >= 0.6 is 0 Å². The van der Waals surface area contributed by atoms with Crippen LogP contribution < -0.4 is 0 Å². The topological polar surface area (TPSA) is 20.2 Å². The summed E-state index contributed by atoms with van der Waals surface area (Å²) in [5.74, 6) is 5.87. The van der Waals surface area contributed by atoms with E-state index in [1.165, 1.54) is 0 Å². The smallest absolute Gasteiger partial charge is 0.144 e. The highest BCUT2D eigenvalue weighted by Gasteiger charge is 2.22. The third kappa shape index (κ3) is 5.47. The highest BCUT2D eigenvalue weighted by Crippen LogP contribution is 2.26. The molecule has 0 aliphatic rings. The summed E-state index contributed by atoms with van der Waals surface area (Å²) in [5.41, 5.74) is 3.30. The Balaban J connectivity index is 4.93. The first-order chi connectivity index (χ1) is 6.58. The summed E-state index contributed by atoms with van der Waals surface area (Å²) in [6, 6.07) is 0. The van der Waals surface area contributed by atoms with E-state index in [4.69, 9.17) is 0 Å². The fourth-order valence-electron chi connectivity index (χ4n) is 1.13. The minimum absolute atomic E-state index is 0.0921. The van der Waals surface area contributed by atoms with Crippen molar-refractivity contribution in [3.63, 3.8) is 0 Å². The number of rotatable bonds is 1. The van der Waals surface area contributed by atoms with Gasteiger partial charge in [0.1, 0.15) is 6.10 Å².